The molecule has 0 aliphatic heterocycles. The average Bonchev–Trinajstić information content (AvgIpc) is 2.77. The van der Waals surface area contributed by atoms with E-state index in [0.29, 0.717) is 35.5 Å². The van der Waals surface area contributed by atoms with Crippen LogP contribution in [0.1, 0.15) is 44.6 Å². The van der Waals surface area contributed by atoms with Crippen molar-refractivity contribution in [2.75, 3.05) is 11.9 Å². The number of benzene rings is 3. The SMILES string of the molecule is Cc1cc(OCCc2ccccc2)cc(C)c1C(=O)Nc1cc(CCC(=O)O)ccc1C(F)(F)F. The maximum atomic E-state index is 13.5. The van der Waals surface area contributed by atoms with Gasteiger partial charge in [0, 0.05) is 18.4 Å². The quantitative estimate of drug-likeness (QED) is 0.378. The highest BCUT2D eigenvalue weighted by Crippen LogP contribution is 2.36. The molecule has 0 unspecified atom stereocenters. The van der Waals surface area contributed by atoms with Gasteiger partial charge in [0.25, 0.3) is 5.91 Å². The summed E-state index contributed by atoms with van der Waals surface area (Å²) in [6.45, 7) is 3.83. The highest BCUT2D eigenvalue weighted by molar-refractivity contribution is 6.06. The Bertz CT molecular complexity index is 1180. The van der Waals surface area contributed by atoms with Crippen molar-refractivity contribution in [1.29, 1.82) is 0 Å². The second kappa shape index (κ2) is 11.1. The Balaban J connectivity index is 1.78. The van der Waals surface area contributed by atoms with Gasteiger partial charge in [0.15, 0.2) is 0 Å². The molecule has 3 aromatic carbocycles. The number of nitrogens with one attached hydrogen (secondary N) is 1. The molecule has 0 heterocycles. The van der Waals surface area contributed by atoms with E-state index in [1.165, 1.54) is 12.1 Å². The third-order valence-corrected chi connectivity index (χ3v) is 5.50. The number of anilines is 1. The Labute approximate surface area is 201 Å². The lowest BCUT2D eigenvalue weighted by molar-refractivity contribution is -0.138. The molecule has 3 rings (SSSR count). The summed E-state index contributed by atoms with van der Waals surface area (Å²) in [6.07, 6.45) is -4.17. The molecular weight excluding hydrogens is 459 g/mol. The molecule has 0 aliphatic carbocycles. The third-order valence-electron chi connectivity index (χ3n) is 5.50. The van der Waals surface area contributed by atoms with Gasteiger partial charge in [-0.15, -0.1) is 0 Å². The molecule has 3 aromatic rings. The average molecular weight is 486 g/mol. The third kappa shape index (κ3) is 7.09. The van der Waals surface area contributed by atoms with Crippen LogP contribution in [0.2, 0.25) is 0 Å². The van der Waals surface area contributed by atoms with Crippen LogP contribution < -0.4 is 10.1 Å². The summed E-state index contributed by atoms with van der Waals surface area (Å²) in [5.74, 6) is -1.18. The number of carbonyl (C=O) groups excluding carboxylic acids is 1. The van der Waals surface area contributed by atoms with Gasteiger partial charge in [-0.2, -0.15) is 13.2 Å². The Morgan fingerprint density at radius 2 is 1.57 bits per heavy atom. The lowest BCUT2D eigenvalue weighted by atomic mass is 10.0. The Morgan fingerprint density at radius 3 is 2.17 bits per heavy atom. The fraction of sp³-hybridized carbons (Fsp3) is 0.259. The molecule has 0 aliphatic rings. The number of carboxylic acids is 1. The van der Waals surface area contributed by atoms with E-state index in [1.807, 2.05) is 30.3 Å². The second-order valence-electron chi connectivity index (χ2n) is 8.24. The molecular formula is C27H26F3NO4. The number of aliphatic carboxylic acids is 1. The summed E-state index contributed by atoms with van der Waals surface area (Å²) in [5.41, 5.74) is 1.48. The fourth-order valence-corrected chi connectivity index (χ4v) is 3.83. The zero-order valence-electron chi connectivity index (χ0n) is 19.4. The van der Waals surface area contributed by atoms with Crippen molar-refractivity contribution in [2.24, 2.45) is 0 Å². The number of hydrogen-bond donors (Lipinski definition) is 2. The van der Waals surface area contributed by atoms with E-state index in [2.05, 4.69) is 5.32 Å². The summed E-state index contributed by atoms with van der Waals surface area (Å²) < 4.78 is 46.4. The molecule has 184 valence electrons. The first kappa shape index (κ1) is 25.8. The highest BCUT2D eigenvalue weighted by Gasteiger charge is 2.34. The van der Waals surface area contributed by atoms with Gasteiger partial charge in [-0.05, 0) is 66.8 Å². The molecule has 0 spiro atoms. The molecule has 0 bridgehead atoms. The number of amides is 1. The van der Waals surface area contributed by atoms with Gasteiger partial charge in [0.2, 0.25) is 0 Å². The van der Waals surface area contributed by atoms with Crippen LogP contribution in [0.5, 0.6) is 5.75 Å². The minimum Gasteiger partial charge on any atom is -0.493 e. The van der Waals surface area contributed by atoms with Gasteiger partial charge in [-0.25, -0.2) is 0 Å². The standard InChI is InChI=1S/C27H26F3NO4/c1-17-14-21(35-13-12-19-6-4-3-5-7-19)15-18(2)25(17)26(34)31-23-16-20(9-11-24(32)33)8-10-22(23)27(28,29)30/h3-8,10,14-16H,9,11-13H2,1-2H3,(H,31,34)(H,32,33). The number of carbonyl (C=O) groups is 2. The van der Waals surface area contributed by atoms with Gasteiger partial charge in [0.05, 0.1) is 17.9 Å². The number of halogens is 3. The van der Waals surface area contributed by atoms with Crippen molar-refractivity contribution in [3.63, 3.8) is 0 Å². The Kier molecular flexibility index (Phi) is 8.17. The summed E-state index contributed by atoms with van der Waals surface area (Å²) in [4.78, 5) is 23.8. The van der Waals surface area contributed by atoms with E-state index in [0.717, 1.165) is 11.6 Å². The molecule has 0 fully saturated rings. The van der Waals surface area contributed by atoms with Crippen molar-refractivity contribution in [2.45, 2.75) is 39.3 Å². The van der Waals surface area contributed by atoms with Crippen molar-refractivity contribution in [3.8, 4) is 5.75 Å². The second-order valence-corrected chi connectivity index (χ2v) is 8.24. The van der Waals surface area contributed by atoms with Crippen molar-refractivity contribution in [1.82, 2.24) is 0 Å². The van der Waals surface area contributed by atoms with Gasteiger partial charge >= 0.3 is 12.1 Å². The number of ether oxygens (including phenoxy) is 1. The van der Waals surface area contributed by atoms with Crippen LogP contribution in [0.25, 0.3) is 0 Å². The van der Waals surface area contributed by atoms with Crippen molar-refractivity contribution in [3.05, 3.63) is 94.0 Å². The zero-order valence-corrected chi connectivity index (χ0v) is 19.4. The maximum Gasteiger partial charge on any atom is 0.418 e. The summed E-state index contributed by atoms with van der Waals surface area (Å²) in [5, 5.41) is 11.2. The first-order valence-corrected chi connectivity index (χ1v) is 11.1. The summed E-state index contributed by atoms with van der Waals surface area (Å²) in [7, 11) is 0. The van der Waals surface area contributed by atoms with Gasteiger partial charge in [-0.1, -0.05) is 36.4 Å². The van der Waals surface area contributed by atoms with E-state index >= 15 is 0 Å². The fourth-order valence-electron chi connectivity index (χ4n) is 3.83. The predicted molar refractivity (Wildman–Crippen MR) is 127 cm³/mol. The van der Waals surface area contributed by atoms with E-state index in [-0.39, 0.29) is 18.4 Å². The van der Waals surface area contributed by atoms with Gasteiger partial charge in [-0.3, -0.25) is 9.59 Å². The summed E-state index contributed by atoms with van der Waals surface area (Å²) >= 11 is 0. The molecule has 0 saturated carbocycles. The van der Waals surface area contributed by atoms with E-state index in [1.54, 1.807) is 26.0 Å². The number of aryl methyl sites for hydroxylation is 3. The molecule has 35 heavy (non-hydrogen) atoms. The number of hydrogen-bond acceptors (Lipinski definition) is 3. The molecule has 0 aromatic heterocycles. The minimum atomic E-state index is -4.69. The van der Waals surface area contributed by atoms with Crippen LogP contribution in [-0.2, 0) is 23.8 Å². The summed E-state index contributed by atoms with van der Waals surface area (Å²) in [6, 6.07) is 16.4. The van der Waals surface area contributed by atoms with Crippen molar-refractivity contribution < 1.29 is 32.6 Å². The monoisotopic (exact) mass is 485 g/mol. The van der Waals surface area contributed by atoms with E-state index in [9.17, 15) is 22.8 Å². The topological polar surface area (TPSA) is 75.6 Å². The first-order valence-electron chi connectivity index (χ1n) is 11.1. The molecule has 0 radical (unpaired) electrons. The van der Waals surface area contributed by atoms with Crippen LogP contribution in [-0.4, -0.2) is 23.6 Å². The Morgan fingerprint density at radius 1 is 0.914 bits per heavy atom. The van der Waals surface area contributed by atoms with Gasteiger partial charge < -0.3 is 15.2 Å². The van der Waals surface area contributed by atoms with Crippen molar-refractivity contribution >= 4 is 17.6 Å². The first-order chi connectivity index (χ1) is 16.5. The highest BCUT2D eigenvalue weighted by atomic mass is 19.4. The largest absolute Gasteiger partial charge is 0.493 e. The predicted octanol–water partition coefficient (Wildman–Crippen LogP) is 6.21. The van der Waals surface area contributed by atoms with Crippen LogP contribution in [0.3, 0.4) is 0 Å². The molecule has 0 saturated heterocycles. The maximum absolute atomic E-state index is 13.5. The number of rotatable bonds is 9. The number of carboxylic acid groups (broad SMARTS) is 1. The van der Waals surface area contributed by atoms with Gasteiger partial charge in [0.1, 0.15) is 5.75 Å². The lowest BCUT2D eigenvalue weighted by Crippen LogP contribution is -2.19. The lowest BCUT2D eigenvalue weighted by Gasteiger charge is -2.17. The van der Waals surface area contributed by atoms with Crippen LogP contribution >= 0.6 is 0 Å². The zero-order chi connectivity index (χ0) is 25.6. The number of alkyl halides is 3. The van der Waals surface area contributed by atoms with E-state index < -0.39 is 29.3 Å². The van der Waals surface area contributed by atoms with Crippen LogP contribution in [0.15, 0.2) is 60.7 Å². The van der Waals surface area contributed by atoms with Crippen LogP contribution in [0.4, 0.5) is 18.9 Å². The molecule has 2 N–H and O–H groups in total. The smallest absolute Gasteiger partial charge is 0.418 e. The normalized spacial score (nSPS) is 11.2. The molecule has 8 heteroatoms. The molecule has 1 amide bonds. The van der Waals surface area contributed by atoms with Crippen LogP contribution in [0, 0.1) is 13.8 Å². The molecule has 5 nitrogen and oxygen atoms in total. The Hall–Kier alpha value is -3.81. The molecule has 0 atom stereocenters. The minimum absolute atomic E-state index is 0.0451. The van der Waals surface area contributed by atoms with E-state index in [4.69, 9.17) is 9.84 Å².